The first-order chi connectivity index (χ1) is 10.1. The maximum Gasteiger partial charge on any atom is 0.337 e. The third-order valence-electron chi connectivity index (χ3n) is 2.94. The average Bonchev–Trinajstić information content (AvgIpc) is 2.43. The molecule has 0 amide bonds. The van der Waals surface area contributed by atoms with Crippen LogP contribution < -0.4 is 4.72 Å². The maximum atomic E-state index is 12.3. The maximum absolute atomic E-state index is 12.3. The van der Waals surface area contributed by atoms with Gasteiger partial charge in [0, 0.05) is 12.0 Å². The summed E-state index contributed by atoms with van der Waals surface area (Å²) in [5, 5.41) is 8.69. The molecule has 7 nitrogen and oxygen atoms in total. The summed E-state index contributed by atoms with van der Waals surface area (Å²) in [5.41, 5.74) is -0.813. The van der Waals surface area contributed by atoms with Crippen molar-refractivity contribution < 1.29 is 27.9 Å². The van der Waals surface area contributed by atoms with Crippen LogP contribution in [0, 0.1) is 0 Å². The zero-order valence-corrected chi connectivity index (χ0v) is 13.4. The molecule has 0 spiro atoms. The van der Waals surface area contributed by atoms with Gasteiger partial charge in [0.05, 0.1) is 17.6 Å². The number of carbonyl (C=O) groups excluding carboxylic acids is 1. The molecule has 0 unspecified atom stereocenters. The first-order valence-electron chi connectivity index (χ1n) is 6.51. The van der Waals surface area contributed by atoms with Crippen LogP contribution in [0.5, 0.6) is 0 Å². The molecule has 0 radical (unpaired) electrons. The molecule has 8 heteroatoms. The number of esters is 1. The molecule has 0 saturated carbocycles. The Morgan fingerprint density at radius 1 is 1.32 bits per heavy atom. The van der Waals surface area contributed by atoms with Gasteiger partial charge in [0.25, 0.3) is 0 Å². The predicted octanol–water partition coefficient (Wildman–Crippen LogP) is 1.39. The van der Waals surface area contributed by atoms with E-state index < -0.39 is 27.5 Å². The molecule has 1 rings (SSSR count). The molecule has 0 atom stereocenters. The number of hydrogen-bond acceptors (Lipinski definition) is 5. The van der Waals surface area contributed by atoms with Crippen molar-refractivity contribution in [1.29, 1.82) is 0 Å². The molecule has 22 heavy (non-hydrogen) atoms. The lowest BCUT2D eigenvalue weighted by molar-refractivity contribution is -0.137. The van der Waals surface area contributed by atoms with Crippen LogP contribution in [0.1, 0.15) is 37.0 Å². The van der Waals surface area contributed by atoms with Crippen LogP contribution in [-0.4, -0.2) is 38.1 Å². The van der Waals surface area contributed by atoms with Crippen molar-refractivity contribution in [3.63, 3.8) is 0 Å². The van der Waals surface area contributed by atoms with Crippen LogP contribution in [0.4, 0.5) is 0 Å². The fourth-order valence-corrected chi connectivity index (χ4v) is 3.29. The van der Waals surface area contributed by atoms with Crippen LogP contribution in [0.15, 0.2) is 29.2 Å². The number of hydrogen-bond donors (Lipinski definition) is 2. The van der Waals surface area contributed by atoms with Crippen molar-refractivity contribution in [3.8, 4) is 0 Å². The lowest BCUT2D eigenvalue weighted by Crippen LogP contribution is -2.43. The minimum absolute atomic E-state index is 0.0844. The molecule has 1 aromatic carbocycles. The third kappa shape index (κ3) is 5.12. The second-order valence-electron chi connectivity index (χ2n) is 5.40. The molecule has 2 N–H and O–H groups in total. The minimum Gasteiger partial charge on any atom is -0.481 e. The van der Waals surface area contributed by atoms with E-state index in [1.807, 2.05) is 0 Å². The molecule has 0 aliphatic heterocycles. The lowest BCUT2D eigenvalue weighted by atomic mass is 10.0. The number of carboxylic acid groups (broad SMARTS) is 1. The van der Waals surface area contributed by atoms with Crippen molar-refractivity contribution >= 4 is 22.0 Å². The molecule has 0 bridgehead atoms. The number of rotatable bonds is 7. The van der Waals surface area contributed by atoms with Crippen molar-refractivity contribution in [2.45, 2.75) is 37.1 Å². The summed E-state index contributed by atoms with van der Waals surface area (Å²) in [6.07, 6.45) is -0.0179. The summed E-state index contributed by atoms with van der Waals surface area (Å²) < 4.78 is 31.7. The number of carboxylic acids is 1. The third-order valence-corrected chi connectivity index (χ3v) is 4.64. The Bertz CT molecular complexity index is 666. The van der Waals surface area contributed by atoms with Crippen LogP contribution in [0.25, 0.3) is 0 Å². The van der Waals surface area contributed by atoms with Gasteiger partial charge in [-0.1, -0.05) is 6.07 Å². The standard InChI is InChI=1S/C14H19NO6S/c1-14(2,8-7-12(16)17)15-22(19,20)11-6-4-5-10(9-11)13(18)21-3/h4-6,9,15H,7-8H2,1-3H3,(H,16,17). The monoisotopic (exact) mass is 329 g/mol. The summed E-state index contributed by atoms with van der Waals surface area (Å²) in [6.45, 7) is 3.19. The normalized spacial score (nSPS) is 12.0. The number of aliphatic carboxylic acids is 1. The zero-order valence-electron chi connectivity index (χ0n) is 12.6. The minimum atomic E-state index is -3.88. The van der Waals surface area contributed by atoms with E-state index in [9.17, 15) is 18.0 Å². The Morgan fingerprint density at radius 3 is 2.50 bits per heavy atom. The first kappa shape index (κ1) is 18.1. The van der Waals surface area contributed by atoms with E-state index in [-0.39, 0.29) is 23.3 Å². The number of sulfonamides is 1. The highest BCUT2D eigenvalue weighted by Gasteiger charge is 2.27. The van der Waals surface area contributed by atoms with Crippen LogP contribution in [0.2, 0.25) is 0 Å². The molecule has 0 aromatic heterocycles. The molecule has 0 aliphatic carbocycles. The van der Waals surface area contributed by atoms with E-state index >= 15 is 0 Å². The Labute approximate surface area is 129 Å². The van der Waals surface area contributed by atoms with E-state index in [4.69, 9.17) is 5.11 Å². The number of benzene rings is 1. The fraction of sp³-hybridized carbons (Fsp3) is 0.429. The van der Waals surface area contributed by atoms with E-state index in [1.165, 1.54) is 31.4 Å². The van der Waals surface area contributed by atoms with Crippen LogP contribution in [-0.2, 0) is 19.6 Å². The highest BCUT2D eigenvalue weighted by Crippen LogP contribution is 2.18. The molecule has 0 fully saturated rings. The highest BCUT2D eigenvalue weighted by atomic mass is 32.2. The zero-order chi connectivity index (χ0) is 17.0. The summed E-state index contributed by atoms with van der Waals surface area (Å²) in [4.78, 5) is 22.0. The van der Waals surface area contributed by atoms with Gasteiger partial charge in [0.15, 0.2) is 0 Å². The van der Waals surface area contributed by atoms with Gasteiger partial charge in [-0.3, -0.25) is 4.79 Å². The van der Waals surface area contributed by atoms with Gasteiger partial charge in [-0.25, -0.2) is 17.9 Å². The SMILES string of the molecule is COC(=O)c1cccc(S(=O)(=O)NC(C)(C)CCC(=O)O)c1. The average molecular weight is 329 g/mol. The van der Waals surface area contributed by atoms with Gasteiger partial charge in [-0.05, 0) is 38.5 Å². The molecule has 1 aromatic rings. The molecule has 0 aliphatic rings. The highest BCUT2D eigenvalue weighted by molar-refractivity contribution is 7.89. The van der Waals surface area contributed by atoms with E-state index in [0.717, 1.165) is 0 Å². The predicted molar refractivity (Wildman–Crippen MR) is 79.1 cm³/mol. The quantitative estimate of drug-likeness (QED) is 0.732. The van der Waals surface area contributed by atoms with Gasteiger partial charge in [0.1, 0.15) is 0 Å². The Morgan fingerprint density at radius 2 is 1.95 bits per heavy atom. The summed E-state index contributed by atoms with van der Waals surface area (Å²) in [7, 11) is -2.68. The van der Waals surface area contributed by atoms with Crippen molar-refractivity contribution in [2.24, 2.45) is 0 Å². The molecule has 0 heterocycles. The number of methoxy groups -OCH3 is 1. The molecule has 0 saturated heterocycles. The second-order valence-corrected chi connectivity index (χ2v) is 7.08. The summed E-state index contributed by atoms with van der Waals surface area (Å²) >= 11 is 0. The Balaban J connectivity index is 2.99. The van der Waals surface area contributed by atoms with Crippen molar-refractivity contribution in [3.05, 3.63) is 29.8 Å². The van der Waals surface area contributed by atoms with Crippen LogP contribution >= 0.6 is 0 Å². The second kappa shape index (κ2) is 6.89. The molecular weight excluding hydrogens is 310 g/mol. The van der Waals surface area contributed by atoms with Gasteiger partial charge in [0.2, 0.25) is 10.0 Å². The largest absolute Gasteiger partial charge is 0.481 e. The van der Waals surface area contributed by atoms with Gasteiger partial charge < -0.3 is 9.84 Å². The smallest absolute Gasteiger partial charge is 0.337 e. The van der Waals surface area contributed by atoms with Gasteiger partial charge >= 0.3 is 11.9 Å². The Kier molecular flexibility index (Phi) is 5.67. The van der Waals surface area contributed by atoms with E-state index in [0.29, 0.717) is 0 Å². The first-order valence-corrected chi connectivity index (χ1v) is 8.00. The van der Waals surface area contributed by atoms with E-state index in [2.05, 4.69) is 9.46 Å². The van der Waals surface area contributed by atoms with Crippen molar-refractivity contribution in [1.82, 2.24) is 4.72 Å². The van der Waals surface area contributed by atoms with Gasteiger partial charge in [-0.2, -0.15) is 0 Å². The fourth-order valence-electron chi connectivity index (χ4n) is 1.80. The topological polar surface area (TPSA) is 110 Å². The van der Waals surface area contributed by atoms with Crippen LogP contribution in [0.3, 0.4) is 0 Å². The number of ether oxygens (including phenoxy) is 1. The number of carbonyl (C=O) groups is 2. The summed E-state index contributed by atoms with van der Waals surface area (Å²) in [5.74, 6) is -1.64. The van der Waals surface area contributed by atoms with Gasteiger partial charge in [-0.15, -0.1) is 0 Å². The number of nitrogens with one attached hydrogen (secondary N) is 1. The van der Waals surface area contributed by atoms with E-state index in [1.54, 1.807) is 13.8 Å². The van der Waals surface area contributed by atoms with Crippen molar-refractivity contribution in [2.75, 3.05) is 7.11 Å². The lowest BCUT2D eigenvalue weighted by Gasteiger charge is -2.25. The Hall–Kier alpha value is -1.93. The molecule has 122 valence electrons. The summed E-state index contributed by atoms with van der Waals surface area (Å²) in [6, 6.07) is 5.44. The molecular formula is C14H19NO6S.